The van der Waals surface area contributed by atoms with Gasteiger partial charge in [0, 0.05) is 34.5 Å². The molecule has 0 amide bonds. The highest BCUT2D eigenvalue weighted by Gasteiger charge is 2.53. The van der Waals surface area contributed by atoms with Gasteiger partial charge in [-0.05, 0) is 114 Å². The van der Waals surface area contributed by atoms with Crippen LogP contribution in [0.3, 0.4) is 0 Å². The molecule has 10 aromatic rings. The van der Waals surface area contributed by atoms with Gasteiger partial charge in [0.15, 0.2) is 5.82 Å². The van der Waals surface area contributed by atoms with Gasteiger partial charge < -0.3 is 0 Å². The van der Waals surface area contributed by atoms with Crippen LogP contribution >= 0.6 is 0 Å². The fourth-order valence-electron chi connectivity index (χ4n) is 11.3. The molecule has 13 rings (SSSR count). The van der Waals surface area contributed by atoms with Crippen molar-refractivity contribution in [3.63, 3.8) is 0 Å². The molecular weight excluding hydrogens is 839 g/mol. The van der Waals surface area contributed by atoms with Crippen LogP contribution in [0.4, 0.5) is 0 Å². The van der Waals surface area contributed by atoms with E-state index in [1.807, 2.05) is 54.7 Å². The van der Waals surface area contributed by atoms with Gasteiger partial charge in [0.1, 0.15) is 0 Å². The Kier molecular flexibility index (Phi) is 8.49. The number of sulfone groups is 1. The SMILES string of the molecule is CC1(C)c2ccccc2-c2cc3c(cc21)S(=O)(=O)c1ccccc1C31c2ccccc2-c2ccccc2-c2ccc(-c3cc(-c4ccccc4)nc(-c4ccc(-c5cccnc5)cc4)n3)cc21. The predicted molar refractivity (Wildman–Crippen MR) is 267 cm³/mol. The summed E-state index contributed by atoms with van der Waals surface area (Å²) in [6.45, 7) is 4.41. The average Bonchev–Trinajstić information content (AvgIpc) is 3.54. The fraction of sp³-hybridized carbons (Fsp3) is 0.0656. The summed E-state index contributed by atoms with van der Waals surface area (Å²) >= 11 is 0. The highest BCUT2D eigenvalue weighted by Crippen LogP contribution is 2.62. The van der Waals surface area contributed by atoms with Gasteiger partial charge >= 0.3 is 0 Å². The number of pyridine rings is 1. The molecule has 0 saturated heterocycles. The second-order valence-electron chi connectivity index (χ2n) is 18.3. The molecule has 5 nitrogen and oxygen atoms in total. The number of benzene rings is 8. The Balaban J connectivity index is 1.13. The number of hydrogen-bond donors (Lipinski definition) is 0. The largest absolute Gasteiger partial charge is 0.264 e. The van der Waals surface area contributed by atoms with Crippen molar-refractivity contribution < 1.29 is 8.42 Å². The molecule has 8 aromatic carbocycles. The van der Waals surface area contributed by atoms with E-state index in [4.69, 9.17) is 9.97 Å². The van der Waals surface area contributed by atoms with Gasteiger partial charge in [-0.1, -0.05) is 178 Å². The summed E-state index contributed by atoms with van der Waals surface area (Å²) in [6.07, 6.45) is 3.65. The molecule has 0 bridgehead atoms. The highest BCUT2D eigenvalue weighted by molar-refractivity contribution is 7.91. The second kappa shape index (κ2) is 14.5. The standard InChI is InChI=1S/C61H41N3O2S/c1-60(2)49-22-10-8-21-46(49)48-34-54-58(35-52(48)60)67(65,66)57-25-13-12-24-51(57)61(54)50-23-11-9-20-45(50)43-18-6-7-19-44(43)47-31-30-41(33-53(47)61)56-36-55(39-15-4-3-5-16-39)63-59(64-56)40-28-26-38(27-29-40)42-17-14-32-62-37-42/h3-37H,1-2H3. The maximum absolute atomic E-state index is 15.4. The molecule has 318 valence electrons. The first kappa shape index (κ1) is 39.3. The maximum Gasteiger partial charge on any atom is 0.207 e. The quantitative estimate of drug-likeness (QED) is 0.176. The Morgan fingerprint density at radius 3 is 1.66 bits per heavy atom. The number of aromatic nitrogens is 3. The van der Waals surface area contributed by atoms with Crippen LogP contribution in [-0.4, -0.2) is 23.4 Å². The Labute approximate surface area is 390 Å². The van der Waals surface area contributed by atoms with Crippen LogP contribution in [0, 0.1) is 0 Å². The van der Waals surface area contributed by atoms with Gasteiger partial charge in [0.25, 0.3) is 0 Å². The van der Waals surface area contributed by atoms with E-state index in [-0.39, 0.29) is 0 Å². The molecule has 0 N–H and O–H groups in total. The van der Waals surface area contributed by atoms with E-state index in [1.54, 1.807) is 12.3 Å². The van der Waals surface area contributed by atoms with Crippen LogP contribution in [-0.2, 0) is 20.7 Å². The first-order valence-corrected chi connectivity index (χ1v) is 24.1. The van der Waals surface area contributed by atoms with Crippen molar-refractivity contribution >= 4 is 9.84 Å². The van der Waals surface area contributed by atoms with Crippen LogP contribution in [0.1, 0.15) is 47.2 Å². The van der Waals surface area contributed by atoms with Crippen molar-refractivity contribution in [1.29, 1.82) is 0 Å². The summed E-state index contributed by atoms with van der Waals surface area (Å²) in [7, 11) is -4.00. The summed E-state index contributed by atoms with van der Waals surface area (Å²) in [5.41, 5.74) is 17.0. The molecule has 3 heterocycles. The minimum absolute atomic E-state index is 0.318. The average molecular weight is 880 g/mol. The topological polar surface area (TPSA) is 72.8 Å². The van der Waals surface area contributed by atoms with Gasteiger partial charge in [0.05, 0.1) is 26.6 Å². The Morgan fingerprint density at radius 1 is 0.373 bits per heavy atom. The van der Waals surface area contributed by atoms with Gasteiger partial charge in [-0.3, -0.25) is 4.98 Å². The van der Waals surface area contributed by atoms with Crippen molar-refractivity contribution in [3.05, 3.63) is 246 Å². The lowest BCUT2D eigenvalue weighted by molar-refractivity contribution is 0.577. The van der Waals surface area contributed by atoms with Gasteiger partial charge in [-0.25, -0.2) is 18.4 Å². The molecule has 3 aliphatic rings. The van der Waals surface area contributed by atoms with Crippen LogP contribution < -0.4 is 0 Å². The number of hydrogen-bond acceptors (Lipinski definition) is 5. The smallest absolute Gasteiger partial charge is 0.207 e. The zero-order valence-corrected chi connectivity index (χ0v) is 37.6. The van der Waals surface area contributed by atoms with Crippen LogP contribution in [0.2, 0.25) is 0 Å². The molecule has 6 heteroatoms. The normalized spacial score (nSPS) is 16.3. The second-order valence-corrected chi connectivity index (χ2v) is 20.2. The summed E-state index contributed by atoms with van der Waals surface area (Å²) in [5, 5.41) is 0. The molecule has 0 saturated carbocycles. The number of fused-ring (bicyclic) bond motifs is 14. The number of nitrogens with zero attached hydrogens (tertiary/aromatic N) is 3. The third-order valence-corrected chi connectivity index (χ3v) is 16.3. The summed E-state index contributed by atoms with van der Waals surface area (Å²) in [5.74, 6) is 0.603. The van der Waals surface area contributed by atoms with Crippen molar-refractivity contribution in [2.24, 2.45) is 0 Å². The fourth-order valence-corrected chi connectivity index (χ4v) is 13.1. The summed E-state index contributed by atoms with van der Waals surface area (Å²) in [4.78, 5) is 15.6. The Morgan fingerprint density at radius 2 is 0.940 bits per heavy atom. The van der Waals surface area contributed by atoms with Crippen LogP contribution in [0.5, 0.6) is 0 Å². The maximum atomic E-state index is 15.4. The lowest BCUT2D eigenvalue weighted by Gasteiger charge is -2.43. The van der Waals surface area contributed by atoms with Gasteiger partial charge in [0.2, 0.25) is 9.84 Å². The lowest BCUT2D eigenvalue weighted by atomic mass is 9.62. The van der Waals surface area contributed by atoms with E-state index < -0.39 is 20.7 Å². The van der Waals surface area contributed by atoms with E-state index in [0.29, 0.717) is 15.6 Å². The summed E-state index contributed by atoms with van der Waals surface area (Å²) < 4.78 is 30.9. The molecule has 2 aliphatic carbocycles. The first-order valence-electron chi connectivity index (χ1n) is 22.7. The molecule has 67 heavy (non-hydrogen) atoms. The van der Waals surface area contributed by atoms with Gasteiger partial charge in [-0.2, -0.15) is 0 Å². The molecule has 1 aliphatic heterocycles. The number of rotatable bonds is 4. The minimum Gasteiger partial charge on any atom is -0.264 e. The van der Waals surface area contributed by atoms with E-state index in [1.165, 1.54) is 5.56 Å². The lowest BCUT2D eigenvalue weighted by Crippen LogP contribution is -2.38. The third kappa shape index (κ3) is 5.66. The van der Waals surface area contributed by atoms with Crippen molar-refractivity contribution in [2.75, 3.05) is 0 Å². The molecular formula is C61H41N3O2S. The minimum atomic E-state index is -4.00. The Hall–Kier alpha value is -8.06. The predicted octanol–water partition coefficient (Wildman–Crippen LogP) is 14.0. The molecule has 2 aromatic heterocycles. The third-order valence-electron chi connectivity index (χ3n) is 14.4. The van der Waals surface area contributed by atoms with Crippen molar-refractivity contribution in [2.45, 2.75) is 34.5 Å². The Bertz CT molecular complexity index is 3790. The van der Waals surface area contributed by atoms with Crippen LogP contribution in [0.15, 0.2) is 222 Å². The van der Waals surface area contributed by atoms with E-state index in [0.717, 1.165) is 100 Å². The van der Waals surface area contributed by atoms with E-state index in [9.17, 15) is 0 Å². The van der Waals surface area contributed by atoms with E-state index >= 15 is 8.42 Å². The zero-order valence-electron chi connectivity index (χ0n) is 36.8. The molecule has 0 radical (unpaired) electrons. The summed E-state index contributed by atoms with van der Waals surface area (Å²) in [6, 6.07) is 68.9. The monoisotopic (exact) mass is 879 g/mol. The van der Waals surface area contributed by atoms with Crippen LogP contribution in [0.25, 0.3) is 78.4 Å². The molecule has 1 atom stereocenters. The highest BCUT2D eigenvalue weighted by atomic mass is 32.2. The van der Waals surface area contributed by atoms with Crippen molar-refractivity contribution in [3.8, 4) is 78.4 Å². The van der Waals surface area contributed by atoms with Gasteiger partial charge in [-0.15, -0.1) is 0 Å². The first-order chi connectivity index (χ1) is 32.7. The molecule has 0 fully saturated rings. The zero-order chi connectivity index (χ0) is 45.1. The van der Waals surface area contributed by atoms with Crippen molar-refractivity contribution in [1.82, 2.24) is 15.0 Å². The molecule has 1 spiro atoms. The molecule has 1 unspecified atom stereocenters. The van der Waals surface area contributed by atoms with E-state index in [2.05, 4.69) is 164 Å².